The van der Waals surface area contributed by atoms with E-state index in [9.17, 15) is 0 Å². The molecule has 90 valence electrons. The van der Waals surface area contributed by atoms with E-state index in [-0.39, 0.29) is 5.54 Å². The molecule has 0 heterocycles. The summed E-state index contributed by atoms with van der Waals surface area (Å²) >= 11 is 0. The van der Waals surface area contributed by atoms with Crippen LogP contribution in [0.25, 0.3) is 0 Å². The third-order valence-corrected chi connectivity index (χ3v) is 2.84. The van der Waals surface area contributed by atoms with Gasteiger partial charge in [0, 0.05) is 18.6 Å². The van der Waals surface area contributed by atoms with Crippen LogP contribution in [0, 0.1) is 0 Å². The van der Waals surface area contributed by atoms with Gasteiger partial charge in [0.1, 0.15) is 0 Å². The van der Waals surface area contributed by atoms with Crippen LogP contribution in [0.5, 0.6) is 0 Å². The van der Waals surface area contributed by atoms with Gasteiger partial charge in [-0.2, -0.15) is 0 Å². The Hall–Kier alpha value is -0.380. The number of rotatable bonds is 9. The zero-order chi connectivity index (χ0) is 11.7. The van der Waals surface area contributed by atoms with Crippen LogP contribution < -0.4 is 11.1 Å². The van der Waals surface area contributed by atoms with Crippen LogP contribution in [0.2, 0.25) is 0 Å². The molecule has 0 aliphatic heterocycles. The molecule has 3 N–H and O–H groups in total. The van der Waals surface area contributed by atoms with Crippen molar-refractivity contribution in [2.24, 2.45) is 5.73 Å². The Bertz CT molecular complexity index is 168. The Kier molecular flexibility index (Phi) is 7.65. The Morgan fingerprint density at radius 3 is 2.40 bits per heavy atom. The minimum atomic E-state index is 0.0899. The first-order valence-electron chi connectivity index (χ1n) is 5.77. The van der Waals surface area contributed by atoms with Crippen LogP contribution in [0.1, 0.15) is 33.6 Å². The highest BCUT2D eigenvalue weighted by atomic mass is 16.5. The molecular formula is C12H26N2O. The summed E-state index contributed by atoms with van der Waals surface area (Å²) in [5.74, 6) is 0. The molecule has 3 nitrogen and oxygen atoms in total. The third-order valence-electron chi connectivity index (χ3n) is 2.84. The van der Waals surface area contributed by atoms with Gasteiger partial charge in [-0.1, -0.05) is 26.0 Å². The number of nitrogens with one attached hydrogen (secondary N) is 1. The number of hydrogen-bond donors (Lipinski definition) is 2. The summed E-state index contributed by atoms with van der Waals surface area (Å²) in [5.41, 5.74) is 6.93. The fraction of sp³-hybridized carbons (Fsp3) is 0.833. The predicted molar refractivity (Wildman–Crippen MR) is 66.0 cm³/mol. The zero-order valence-corrected chi connectivity index (χ0v) is 10.4. The van der Waals surface area contributed by atoms with Crippen molar-refractivity contribution in [3.63, 3.8) is 0 Å². The van der Waals surface area contributed by atoms with E-state index < -0.39 is 0 Å². The van der Waals surface area contributed by atoms with Gasteiger partial charge in [0.2, 0.25) is 0 Å². The number of hydrogen-bond acceptors (Lipinski definition) is 3. The van der Waals surface area contributed by atoms with Gasteiger partial charge >= 0.3 is 0 Å². The maximum atomic E-state index is 5.77. The van der Waals surface area contributed by atoms with Crippen molar-refractivity contribution >= 4 is 0 Å². The molecule has 0 aliphatic carbocycles. The molecule has 0 saturated carbocycles. The summed E-state index contributed by atoms with van der Waals surface area (Å²) in [6.07, 6.45) is 2.11. The van der Waals surface area contributed by atoms with Crippen molar-refractivity contribution < 1.29 is 4.74 Å². The van der Waals surface area contributed by atoms with E-state index in [0.29, 0.717) is 19.8 Å². The lowest BCUT2D eigenvalue weighted by atomic mass is 9.93. The molecule has 0 rings (SSSR count). The highest BCUT2D eigenvalue weighted by Gasteiger charge is 2.22. The van der Waals surface area contributed by atoms with Crippen molar-refractivity contribution in [3.05, 3.63) is 12.2 Å². The second kappa shape index (κ2) is 7.85. The first-order valence-corrected chi connectivity index (χ1v) is 5.77. The van der Waals surface area contributed by atoms with Gasteiger partial charge in [-0.25, -0.2) is 0 Å². The minimum Gasteiger partial charge on any atom is -0.376 e. The largest absolute Gasteiger partial charge is 0.376 e. The molecule has 0 spiro atoms. The van der Waals surface area contributed by atoms with Crippen molar-refractivity contribution in [2.75, 3.05) is 26.3 Å². The van der Waals surface area contributed by atoms with Gasteiger partial charge in [0.05, 0.1) is 13.2 Å². The summed E-state index contributed by atoms with van der Waals surface area (Å²) < 4.78 is 5.42. The SMILES string of the molecule is C=C(C)COCCNC(CC)(CC)CN. The van der Waals surface area contributed by atoms with Gasteiger partial charge < -0.3 is 15.8 Å². The average Bonchev–Trinajstić information content (AvgIpc) is 2.24. The van der Waals surface area contributed by atoms with Crippen LogP contribution in [0.4, 0.5) is 0 Å². The lowest BCUT2D eigenvalue weighted by Crippen LogP contribution is -2.51. The molecule has 0 bridgehead atoms. The van der Waals surface area contributed by atoms with E-state index in [1.54, 1.807) is 0 Å². The monoisotopic (exact) mass is 214 g/mol. The lowest BCUT2D eigenvalue weighted by Gasteiger charge is -2.31. The summed E-state index contributed by atoms with van der Waals surface area (Å²) in [5, 5.41) is 3.48. The fourth-order valence-electron chi connectivity index (χ4n) is 1.50. The van der Waals surface area contributed by atoms with Gasteiger partial charge in [0.15, 0.2) is 0 Å². The van der Waals surface area contributed by atoms with E-state index in [2.05, 4.69) is 25.7 Å². The number of ether oxygens (including phenoxy) is 1. The van der Waals surface area contributed by atoms with Gasteiger partial charge in [-0.15, -0.1) is 0 Å². The zero-order valence-electron chi connectivity index (χ0n) is 10.4. The summed E-state index contributed by atoms with van der Waals surface area (Å²) in [6.45, 7) is 13.0. The average molecular weight is 214 g/mol. The molecule has 0 radical (unpaired) electrons. The second-order valence-corrected chi connectivity index (χ2v) is 4.13. The molecule has 0 unspecified atom stereocenters. The summed E-state index contributed by atoms with van der Waals surface area (Å²) in [4.78, 5) is 0. The minimum absolute atomic E-state index is 0.0899. The molecule has 0 atom stereocenters. The first kappa shape index (κ1) is 14.6. The maximum absolute atomic E-state index is 5.77. The van der Waals surface area contributed by atoms with Crippen molar-refractivity contribution in [3.8, 4) is 0 Å². The highest BCUT2D eigenvalue weighted by molar-refractivity contribution is 4.88. The molecule has 0 saturated heterocycles. The molecule has 0 aromatic heterocycles. The number of nitrogens with two attached hydrogens (primary N) is 1. The lowest BCUT2D eigenvalue weighted by molar-refractivity contribution is 0.146. The van der Waals surface area contributed by atoms with E-state index in [4.69, 9.17) is 10.5 Å². The van der Waals surface area contributed by atoms with Crippen LogP contribution in [-0.4, -0.2) is 31.8 Å². The molecule has 0 fully saturated rings. The molecular weight excluding hydrogens is 188 g/mol. The quantitative estimate of drug-likeness (QED) is 0.453. The standard InChI is InChI=1S/C12H26N2O/c1-5-12(6-2,10-13)14-7-8-15-9-11(3)4/h14H,3,5-10,13H2,1-2,4H3. The molecule has 15 heavy (non-hydrogen) atoms. The van der Waals surface area contributed by atoms with Crippen LogP contribution in [0.15, 0.2) is 12.2 Å². The summed E-state index contributed by atoms with van der Waals surface area (Å²) in [7, 11) is 0. The molecule has 0 amide bonds. The predicted octanol–water partition coefficient (Wildman–Crippen LogP) is 1.69. The molecule has 3 heteroatoms. The smallest absolute Gasteiger partial charge is 0.0672 e. The van der Waals surface area contributed by atoms with Crippen LogP contribution in [0.3, 0.4) is 0 Å². The van der Waals surface area contributed by atoms with Crippen molar-refractivity contribution in [1.82, 2.24) is 5.32 Å². The second-order valence-electron chi connectivity index (χ2n) is 4.13. The first-order chi connectivity index (χ1) is 7.10. The van der Waals surface area contributed by atoms with Crippen LogP contribution >= 0.6 is 0 Å². The maximum Gasteiger partial charge on any atom is 0.0672 e. The van der Waals surface area contributed by atoms with Crippen molar-refractivity contribution in [2.45, 2.75) is 39.2 Å². The van der Waals surface area contributed by atoms with E-state index in [1.807, 2.05) is 6.92 Å². The summed E-state index contributed by atoms with van der Waals surface area (Å²) in [6, 6.07) is 0. The van der Waals surface area contributed by atoms with Crippen LogP contribution in [-0.2, 0) is 4.74 Å². The van der Waals surface area contributed by atoms with Gasteiger partial charge in [0.25, 0.3) is 0 Å². The third kappa shape index (κ3) is 5.92. The molecule has 0 aromatic carbocycles. The van der Waals surface area contributed by atoms with Crippen molar-refractivity contribution in [1.29, 1.82) is 0 Å². The van der Waals surface area contributed by atoms with E-state index in [0.717, 1.165) is 25.0 Å². The van der Waals surface area contributed by atoms with Gasteiger partial charge in [-0.3, -0.25) is 0 Å². The Morgan fingerprint density at radius 2 is 2.00 bits per heavy atom. The fourth-order valence-corrected chi connectivity index (χ4v) is 1.50. The highest BCUT2D eigenvalue weighted by Crippen LogP contribution is 2.12. The van der Waals surface area contributed by atoms with Gasteiger partial charge in [-0.05, 0) is 19.8 Å². The molecule has 0 aromatic rings. The normalized spacial score (nSPS) is 11.7. The Balaban J connectivity index is 3.67. The van der Waals surface area contributed by atoms with E-state index in [1.165, 1.54) is 0 Å². The molecule has 0 aliphatic rings. The Morgan fingerprint density at radius 1 is 1.40 bits per heavy atom. The topological polar surface area (TPSA) is 47.3 Å². The Labute approximate surface area is 94.1 Å². The van der Waals surface area contributed by atoms with E-state index >= 15 is 0 Å².